The zero-order chi connectivity index (χ0) is 17.6. The largest absolute Gasteiger partial charge is 0.310 e. The SMILES string of the molecule is CC.CC.CC.Cc1ccc(Cl)nc1NC(=O)C(C)(C)C. The Labute approximate surface area is 136 Å². The highest BCUT2D eigenvalue weighted by Gasteiger charge is 2.22. The van der Waals surface area contributed by atoms with Crippen LogP contribution >= 0.6 is 11.6 Å². The lowest BCUT2D eigenvalue weighted by atomic mass is 9.96. The topological polar surface area (TPSA) is 42.0 Å². The number of nitrogens with zero attached hydrogens (tertiary/aromatic N) is 1. The van der Waals surface area contributed by atoms with Crippen LogP contribution in [0.4, 0.5) is 5.82 Å². The van der Waals surface area contributed by atoms with Crippen molar-refractivity contribution in [1.29, 1.82) is 0 Å². The molecule has 124 valence electrons. The van der Waals surface area contributed by atoms with Gasteiger partial charge in [-0.1, -0.05) is 80.0 Å². The van der Waals surface area contributed by atoms with Crippen LogP contribution in [-0.4, -0.2) is 10.9 Å². The van der Waals surface area contributed by atoms with Gasteiger partial charge < -0.3 is 5.32 Å². The van der Waals surface area contributed by atoms with Crippen molar-refractivity contribution in [2.24, 2.45) is 5.41 Å². The molecule has 1 heterocycles. The number of carbonyl (C=O) groups is 1. The lowest BCUT2D eigenvalue weighted by Gasteiger charge is -2.18. The summed E-state index contributed by atoms with van der Waals surface area (Å²) in [6.45, 7) is 19.4. The number of anilines is 1. The highest BCUT2D eigenvalue weighted by Crippen LogP contribution is 2.19. The van der Waals surface area contributed by atoms with Gasteiger partial charge in [-0.05, 0) is 18.6 Å². The molecule has 1 aromatic heterocycles. The molecule has 0 unspecified atom stereocenters. The zero-order valence-corrected chi connectivity index (χ0v) is 16.1. The third kappa shape index (κ3) is 11.3. The van der Waals surface area contributed by atoms with E-state index in [-0.39, 0.29) is 5.91 Å². The number of halogens is 1. The van der Waals surface area contributed by atoms with Gasteiger partial charge in [0.2, 0.25) is 5.91 Å². The summed E-state index contributed by atoms with van der Waals surface area (Å²) >= 11 is 5.75. The first-order valence-corrected chi connectivity index (χ1v) is 8.13. The Balaban J connectivity index is -0.000000478. The van der Waals surface area contributed by atoms with E-state index in [1.165, 1.54) is 0 Å². The number of hydrogen-bond donors (Lipinski definition) is 1. The number of amides is 1. The lowest BCUT2D eigenvalue weighted by molar-refractivity contribution is -0.123. The number of carbonyl (C=O) groups excluding carboxylic acids is 1. The van der Waals surface area contributed by atoms with Gasteiger partial charge in [0.1, 0.15) is 11.0 Å². The van der Waals surface area contributed by atoms with Crippen molar-refractivity contribution in [1.82, 2.24) is 4.98 Å². The van der Waals surface area contributed by atoms with Crippen molar-refractivity contribution >= 4 is 23.3 Å². The number of hydrogen-bond acceptors (Lipinski definition) is 2. The minimum Gasteiger partial charge on any atom is -0.310 e. The highest BCUT2D eigenvalue weighted by molar-refractivity contribution is 6.29. The Morgan fingerprint density at radius 3 is 1.86 bits per heavy atom. The van der Waals surface area contributed by atoms with Crippen LogP contribution in [0.25, 0.3) is 0 Å². The maximum atomic E-state index is 11.7. The Kier molecular flexibility index (Phi) is 16.4. The maximum Gasteiger partial charge on any atom is 0.230 e. The molecule has 4 heteroatoms. The van der Waals surface area contributed by atoms with Crippen molar-refractivity contribution in [2.45, 2.75) is 69.2 Å². The van der Waals surface area contributed by atoms with E-state index in [1.807, 2.05) is 75.3 Å². The first-order chi connectivity index (χ1) is 9.80. The molecule has 3 nitrogen and oxygen atoms in total. The van der Waals surface area contributed by atoms with E-state index >= 15 is 0 Å². The van der Waals surface area contributed by atoms with Gasteiger partial charge in [-0.25, -0.2) is 4.98 Å². The molecule has 0 fully saturated rings. The standard InChI is InChI=1S/C11H15ClN2O.3C2H6/c1-7-5-6-8(12)13-9(7)14-10(15)11(2,3)4;3*1-2/h5-6H,1-4H3,(H,13,14,15);3*1-2H3. The van der Waals surface area contributed by atoms with Gasteiger partial charge in [-0.3, -0.25) is 4.79 Å². The predicted octanol–water partition coefficient (Wildman–Crippen LogP) is 6.11. The second-order valence-electron chi connectivity index (χ2n) is 4.50. The summed E-state index contributed by atoms with van der Waals surface area (Å²) in [7, 11) is 0. The minimum atomic E-state index is -0.434. The maximum absolute atomic E-state index is 11.7. The number of aromatic nitrogens is 1. The lowest BCUT2D eigenvalue weighted by Crippen LogP contribution is -2.28. The molecule has 1 N–H and O–H groups in total. The van der Waals surface area contributed by atoms with Crippen LogP contribution in [0.2, 0.25) is 5.15 Å². The molecule has 0 aliphatic rings. The van der Waals surface area contributed by atoms with Crippen molar-refractivity contribution in [3.05, 3.63) is 22.8 Å². The zero-order valence-electron chi connectivity index (χ0n) is 15.4. The number of pyridine rings is 1. The fourth-order valence-electron chi connectivity index (χ4n) is 0.927. The van der Waals surface area contributed by atoms with Crippen LogP contribution in [0, 0.1) is 12.3 Å². The van der Waals surface area contributed by atoms with Crippen LogP contribution in [0.5, 0.6) is 0 Å². The quantitative estimate of drug-likeness (QED) is 0.635. The molecule has 0 radical (unpaired) electrons. The van der Waals surface area contributed by atoms with E-state index in [9.17, 15) is 4.79 Å². The summed E-state index contributed by atoms with van der Waals surface area (Å²) in [5, 5.41) is 3.14. The van der Waals surface area contributed by atoms with Crippen molar-refractivity contribution < 1.29 is 4.79 Å². The van der Waals surface area contributed by atoms with Gasteiger partial charge in [-0.2, -0.15) is 0 Å². The predicted molar refractivity (Wildman–Crippen MR) is 96.1 cm³/mol. The summed E-state index contributed by atoms with van der Waals surface area (Å²) in [6, 6.07) is 3.53. The Morgan fingerprint density at radius 1 is 1.05 bits per heavy atom. The van der Waals surface area contributed by atoms with E-state index in [1.54, 1.807) is 6.07 Å². The van der Waals surface area contributed by atoms with Gasteiger partial charge in [0.05, 0.1) is 0 Å². The van der Waals surface area contributed by atoms with E-state index in [2.05, 4.69) is 10.3 Å². The fraction of sp³-hybridized carbons (Fsp3) is 0.647. The van der Waals surface area contributed by atoms with E-state index in [4.69, 9.17) is 11.6 Å². The first-order valence-electron chi connectivity index (χ1n) is 7.75. The molecule has 1 rings (SSSR count). The molecule has 1 amide bonds. The monoisotopic (exact) mass is 316 g/mol. The van der Waals surface area contributed by atoms with Crippen LogP contribution < -0.4 is 5.32 Å². The molecular weight excluding hydrogens is 284 g/mol. The van der Waals surface area contributed by atoms with E-state index in [0.717, 1.165) is 5.56 Å². The van der Waals surface area contributed by atoms with Gasteiger partial charge in [-0.15, -0.1) is 0 Å². The van der Waals surface area contributed by atoms with Gasteiger partial charge in [0, 0.05) is 5.41 Å². The molecule has 0 saturated carbocycles. The Morgan fingerprint density at radius 2 is 1.48 bits per heavy atom. The summed E-state index contributed by atoms with van der Waals surface area (Å²) < 4.78 is 0. The van der Waals surface area contributed by atoms with Crippen LogP contribution in [0.3, 0.4) is 0 Å². The normalized spacial score (nSPS) is 8.90. The summed E-state index contributed by atoms with van der Waals surface area (Å²) in [5.74, 6) is 0.461. The first kappa shape index (κ1) is 24.9. The number of rotatable bonds is 1. The van der Waals surface area contributed by atoms with Crippen molar-refractivity contribution in [3.8, 4) is 0 Å². The Bertz CT molecular complexity index is 385. The van der Waals surface area contributed by atoms with Crippen molar-refractivity contribution in [2.75, 3.05) is 5.32 Å². The third-order valence-electron chi connectivity index (χ3n) is 1.98. The Hall–Kier alpha value is -1.09. The fourth-order valence-corrected chi connectivity index (χ4v) is 1.07. The third-order valence-corrected chi connectivity index (χ3v) is 2.19. The average molecular weight is 317 g/mol. The van der Waals surface area contributed by atoms with Gasteiger partial charge >= 0.3 is 0 Å². The number of aryl methyl sites for hydroxylation is 1. The van der Waals surface area contributed by atoms with E-state index < -0.39 is 5.41 Å². The molecule has 0 aliphatic heterocycles. The highest BCUT2D eigenvalue weighted by atomic mass is 35.5. The molecule has 0 saturated heterocycles. The second-order valence-corrected chi connectivity index (χ2v) is 4.89. The molecule has 0 atom stereocenters. The summed E-state index contributed by atoms with van der Waals surface area (Å²) in [6.07, 6.45) is 0. The molecule has 0 bridgehead atoms. The molecular formula is C17H33ClN2O. The van der Waals surface area contributed by atoms with Crippen LogP contribution in [0.1, 0.15) is 67.9 Å². The summed E-state index contributed by atoms with van der Waals surface area (Å²) in [5.41, 5.74) is 0.466. The van der Waals surface area contributed by atoms with Crippen LogP contribution in [0.15, 0.2) is 12.1 Å². The average Bonchev–Trinajstić information content (AvgIpc) is 2.48. The smallest absolute Gasteiger partial charge is 0.230 e. The molecule has 21 heavy (non-hydrogen) atoms. The number of nitrogens with one attached hydrogen (secondary N) is 1. The van der Waals surface area contributed by atoms with Gasteiger partial charge in [0.15, 0.2) is 0 Å². The van der Waals surface area contributed by atoms with Crippen molar-refractivity contribution in [3.63, 3.8) is 0 Å². The van der Waals surface area contributed by atoms with E-state index in [0.29, 0.717) is 11.0 Å². The molecule has 1 aromatic rings. The van der Waals surface area contributed by atoms with Gasteiger partial charge in [0.25, 0.3) is 0 Å². The minimum absolute atomic E-state index is 0.0691. The van der Waals surface area contributed by atoms with Crippen LogP contribution in [-0.2, 0) is 4.79 Å². The molecule has 0 aliphatic carbocycles. The molecule has 0 aromatic carbocycles. The molecule has 0 spiro atoms. The second kappa shape index (κ2) is 13.9. The summed E-state index contributed by atoms with van der Waals surface area (Å²) in [4.78, 5) is 15.8.